The SMILES string of the molecule is CCc1cnccc1-c1cccc(C(C)N(CCCC(=O)NCCS(=O)(=O)O)S(=O)(=O)c2ccccc2C)c1. The Morgan fingerprint density at radius 2 is 1.82 bits per heavy atom. The normalized spacial score (nSPS) is 12.8. The van der Waals surface area contributed by atoms with Gasteiger partial charge in [-0.1, -0.05) is 43.3 Å². The third-order valence-corrected chi connectivity index (χ3v) is 9.39. The third-order valence-electron chi connectivity index (χ3n) is 6.54. The number of nitrogens with zero attached hydrogens (tertiary/aromatic N) is 2. The molecular formula is C28H35N3O6S2. The van der Waals surface area contributed by atoms with E-state index in [4.69, 9.17) is 4.55 Å². The first kappa shape index (κ1) is 30.4. The second-order valence-electron chi connectivity index (χ2n) is 9.31. The van der Waals surface area contributed by atoms with Crippen LogP contribution < -0.4 is 5.32 Å². The zero-order valence-corrected chi connectivity index (χ0v) is 24.0. The van der Waals surface area contributed by atoms with Crippen molar-refractivity contribution in [2.75, 3.05) is 18.8 Å². The van der Waals surface area contributed by atoms with E-state index in [1.54, 1.807) is 37.4 Å². The number of pyridine rings is 1. The Labute approximate surface area is 231 Å². The summed E-state index contributed by atoms with van der Waals surface area (Å²) in [6, 6.07) is 16.0. The van der Waals surface area contributed by atoms with E-state index < -0.39 is 37.8 Å². The first-order chi connectivity index (χ1) is 18.4. The van der Waals surface area contributed by atoms with Crippen LogP contribution in [-0.2, 0) is 31.4 Å². The quantitative estimate of drug-likeness (QED) is 0.293. The number of sulfonamides is 1. The molecule has 0 aliphatic rings. The molecule has 0 saturated carbocycles. The molecule has 11 heteroatoms. The van der Waals surface area contributed by atoms with E-state index >= 15 is 0 Å². The van der Waals surface area contributed by atoms with Gasteiger partial charge in [-0.05, 0) is 72.7 Å². The molecule has 1 atom stereocenters. The van der Waals surface area contributed by atoms with Crippen LogP contribution in [0.15, 0.2) is 71.9 Å². The summed E-state index contributed by atoms with van der Waals surface area (Å²) >= 11 is 0. The maximum absolute atomic E-state index is 13.9. The number of aromatic nitrogens is 1. The zero-order chi connectivity index (χ0) is 28.6. The van der Waals surface area contributed by atoms with Crippen molar-refractivity contribution < 1.29 is 26.2 Å². The van der Waals surface area contributed by atoms with Crippen molar-refractivity contribution >= 4 is 26.0 Å². The molecule has 1 aromatic heterocycles. The first-order valence-corrected chi connectivity index (χ1v) is 15.8. The number of hydrogen-bond donors (Lipinski definition) is 2. The van der Waals surface area contributed by atoms with Gasteiger partial charge in [-0.2, -0.15) is 12.7 Å². The number of carbonyl (C=O) groups is 1. The van der Waals surface area contributed by atoms with Gasteiger partial charge in [-0.15, -0.1) is 0 Å². The van der Waals surface area contributed by atoms with Gasteiger partial charge in [0.15, 0.2) is 0 Å². The number of aryl methyl sites for hydroxylation is 2. The average Bonchev–Trinajstić information content (AvgIpc) is 2.90. The molecule has 0 spiro atoms. The maximum atomic E-state index is 13.9. The summed E-state index contributed by atoms with van der Waals surface area (Å²) in [5.41, 5.74) is 4.52. The lowest BCUT2D eigenvalue weighted by molar-refractivity contribution is -0.121. The molecule has 9 nitrogen and oxygen atoms in total. The molecule has 0 radical (unpaired) electrons. The largest absolute Gasteiger partial charge is 0.355 e. The van der Waals surface area contributed by atoms with Gasteiger partial charge in [-0.25, -0.2) is 8.42 Å². The van der Waals surface area contributed by atoms with Crippen molar-refractivity contribution in [3.05, 3.63) is 83.7 Å². The minimum absolute atomic E-state index is 0.00506. The van der Waals surface area contributed by atoms with Crippen molar-refractivity contribution in [1.82, 2.24) is 14.6 Å². The second-order valence-corrected chi connectivity index (χ2v) is 12.7. The fourth-order valence-electron chi connectivity index (χ4n) is 4.42. The number of benzene rings is 2. The van der Waals surface area contributed by atoms with Crippen LogP contribution in [0, 0.1) is 6.92 Å². The number of nitrogens with one attached hydrogen (secondary N) is 1. The number of amides is 1. The van der Waals surface area contributed by atoms with E-state index in [1.807, 2.05) is 43.5 Å². The third kappa shape index (κ3) is 8.18. The van der Waals surface area contributed by atoms with Gasteiger partial charge in [-0.3, -0.25) is 14.3 Å². The van der Waals surface area contributed by atoms with Crippen LogP contribution >= 0.6 is 0 Å². The van der Waals surface area contributed by atoms with E-state index in [9.17, 15) is 21.6 Å². The highest BCUT2D eigenvalue weighted by atomic mass is 32.2. The smallest absolute Gasteiger partial charge is 0.266 e. The summed E-state index contributed by atoms with van der Waals surface area (Å²) in [5.74, 6) is -1.01. The van der Waals surface area contributed by atoms with Crippen molar-refractivity contribution in [3.8, 4) is 11.1 Å². The molecule has 2 N–H and O–H groups in total. The summed E-state index contributed by atoms with van der Waals surface area (Å²) in [7, 11) is -8.11. The molecule has 1 heterocycles. The highest BCUT2D eigenvalue weighted by molar-refractivity contribution is 7.89. The predicted octanol–water partition coefficient (Wildman–Crippen LogP) is 4.16. The van der Waals surface area contributed by atoms with Crippen LogP contribution in [0.3, 0.4) is 0 Å². The molecule has 0 bridgehead atoms. The van der Waals surface area contributed by atoms with Gasteiger partial charge in [0, 0.05) is 37.9 Å². The van der Waals surface area contributed by atoms with Gasteiger partial charge in [0.05, 0.1) is 10.6 Å². The van der Waals surface area contributed by atoms with Gasteiger partial charge in [0.2, 0.25) is 15.9 Å². The number of hydrogen-bond acceptors (Lipinski definition) is 6. The summed E-state index contributed by atoms with van der Waals surface area (Å²) in [5, 5.41) is 2.44. The molecule has 3 rings (SSSR count). The molecule has 1 amide bonds. The lowest BCUT2D eigenvalue weighted by Crippen LogP contribution is -2.36. The molecule has 0 aliphatic carbocycles. The average molecular weight is 574 g/mol. The lowest BCUT2D eigenvalue weighted by atomic mass is 9.97. The number of carbonyl (C=O) groups excluding carboxylic acids is 1. The fourth-order valence-corrected chi connectivity index (χ4v) is 6.67. The van der Waals surface area contributed by atoms with Crippen LogP contribution in [-0.4, -0.2) is 55.4 Å². The van der Waals surface area contributed by atoms with Crippen LogP contribution in [0.4, 0.5) is 0 Å². The summed E-state index contributed by atoms with van der Waals surface area (Å²) in [6.45, 7) is 5.48. The van der Waals surface area contributed by atoms with Crippen LogP contribution in [0.2, 0.25) is 0 Å². The Morgan fingerprint density at radius 3 is 2.51 bits per heavy atom. The Morgan fingerprint density at radius 1 is 1.08 bits per heavy atom. The zero-order valence-electron chi connectivity index (χ0n) is 22.4. The minimum atomic E-state index is -4.18. The van der Waals surface area contributed by atoms with Gasteiger partial charge in [0.25, 0.3) is 10.1 Å². The van der Waals surface area contributed by atoms with Gasteiger partial charge >= 0.3 is 0 Å². The summed E-state index contributed by atoms with van der Waals surface area (Å²) in [6.07, 6.45) is 4.59. The Hall–Kier alpha value is -3.12. The molecule has 2 aromatic carbocycles. The van der Waals surface area contributed by atoms with Gasteiger partial charge in [0.1, 0.15) is 0 Å². The molecule has 1 unspecified atom stereocenters. The molecule has 0 fully saturated rings. The standard InChI is InChI=1S/C28H35N3O6S2/c1-4-23-20-29-15-14-26(23)25-11-7-10-24(19-25)22(3)31(39(36,37)27-12-6-5-9-21(27)2)17-8-13-28(32)30-16-18-38(33,34)35/h5-7,9-12,14-15,19-20,22H,4,8,13,16-18H2,1-3H3,(H,30,32)(H,33,34,35). The Kier molecular flexibility index (Phi) is 10.4. The van der Waals surface area contributed by atoms with Crippen molar-refractivity contribution in [2.45, 2.75) is 51.0 Å². The second kappa shape index (κ2) is 13.3. The summed E-state index contributed by atoms with van der Waals surface area (Å²) in [4.78, 5) is 16.6. The maximum Gasteiger partial charge on any atom is 0.266 e. The molecule has 210 valence electrons. The summed E-state index contributed by atoms with van der Waals surface area (Å²) < 4.78 is 59.8. The van der Waals surface area contributed by atoms with Crippen LogP contribution in [0.5, 0.6) is 0 Å². The highest BCUT2D eigenvalue weighted by Gasteiger charge is 2.31. The number of rotatable bonds is 13. The minimum Gasteiger partial charge on any atom is -0.355 e. The molecule has 39 heavy (non-hydrogen) atoms. The topological polar surface area (TPSA) is 134 Å². The molecule has 3 aromatic rings. The molecular weight excluding hydrogens is 538 g/mol. The van der Waals surface area contributed by atoms with E-state index in [-0.39, 0.29) is 30.8 Å². The molecule has 0 aliphatic heterocycles. The van der Waals surface area contributed by atoms with Crippen LogP contribution in [0.25, 0.3) is 11.1 Å². The predicted molar refractivity (Wildman–Crippen MR) is 151 cm³/mol. The van der Waals surface area contributed by atoms with Crippen LogP contribution in [0.1, 0.15) is 49.4 Å². The van der Waals surface area contributed by atoms with Crippen molar-refractivity contribution in [2.24, 2.45) is 0 Å². The van der Waals surface area contributed by atoms with E-state index in [0.29, 0.717) is 5.56 Å². The highest BCUT2D eigenvalue weighted by Crippen LogP contribution is 2.32. The van der Waals surface area contributed by atoms with Gasteiger partial charge < -0.3 is 5.32 Å². The Bertz CT molecular complexity index is 1510. The molecule has 0 saturated heterocycles. The van der Waals surface area contributed by atoms with E-state index in [0.717, 1.165) is 28.7 Å². The lowest BCUT2D eigenvalue weighted by Gasteiger charge is -2.29. The van der Waals surface area contributed by atoms with E-state index in [2.05, 4.69) is 17.2 Å². The van der Waals surface area contributed by atoms with Crippen molar-refractivity contribution in [1.29, 1.82) is 0 Å². The monoisotopic (exact) mass is 573 g/mol. The van der Waals surface area contributed by atoms with E-state index in [1.165, 1.54) is 4.31 Å². The van der Waals surface area contributed by atoms with Crippen molar-refractivity contribution in [3.63, 3.8) is 0 Å². The fraction of sp³-hybridized carbons (Fsp3) is 0.357. The first-order valence-electron chi connectivity index (χ1n) is 12.8. The Balaban J connectivity index is 1.88.